The number of anilines is 1. The Balaban J connectivity index is 1.78. The van der Waals surface area contributed by atoms with Gasteiger partial charge in [0, 0.05) is 26.4 Å². The SMILES string of the molecule is Cc1cnc(N(C)CCOCC2CC2)c(Br)c1. The molecule has 1 aromatic rings. The smallest absolute Gasteiger partial charge is 0.142 e. The van der Waals surface area contributed by atoms with Gasteiger partial charge in [0.25, 0.3) is 0 Å². The minimum atomic E-state index is 0.773. The van der Waals surface area contributed by atoms with Gasteiger partial charge in [0.15, 0.2) is 0 Å². The minimum absolute atomic E-state index is 0.773. The lowest BCUT2D eigenvalue weighted by Crippen LogP contribution is -2.24. The molecule has 0 unspecified atom stereocenters. The third kappa shape index (κ3) is 3.96. The molecule has 2 rings (SSSR count). The molecule has 0 saturated heterocycles. The third-order valence-corrected chi connectivity index (χ3v) is 3.53. The highest BCUT2D eigenvalue weighted by molar-refractivity contribution is 9.10. The van der Waals surface area contributed by atoms with E-state index in [9.17, 15) is 0 Å². The van der Waals surface area contributed by atoms with Crippen molar-refractivity contribution in [2.75, 3.05) is 31.7 Å². The summed E-state index contributed by atoms with van der Waals surface area (Å²) in [5.74, 6) is 1.81. The Kier molecular flexibility index (Phi) is 4.40. The van der Waals surface area contributed by atoms with E-state index in [0.29, 0.717) is 0 Å². The van der Waals surface area contributed by atoms with Crippen LogP contribution in [0.25, 0.3) is 0 Å². The molecule has 1 heterocycles. The van der Waals surface area contributed by atoms with Crippen LogP contribution in [0.2, 0.25) is 0 Å². The Bertz CT molecular complexity index is 380. The van der Waals surface area contributed by atoms with Gasteiger partial charge < -0.3 is 9.64 Å². The molecular formula is C13H19BrN2O. The van der Waals surface area contributed by atoms with Crippen molar-refractivity contribution < 1.29 is 4.74 Å². The standard InChI is InChI=1S/C13H19BrN2O/c1-10-7-12(14)13(15-8-10)16(2)5-6-17-9-11-3-4-11/h7-8,11H,3-6,9H2,1-2H3. The molecule has 17 heavy (non-hydrogen) atoms. The number of ether oxygens (including phenoxy) is 1. The first-order chi connectivity index (χ1) is 8.16. The molecule has 0 aromatic carbocycles. The number of rotatable bonds is 6. The second-order valence-electron chi connectivity index (χ2n) is 4.76. The van der Waals surface area contributed by atoms with E-state index in [1.807, 2.05) is 20.2 Å². The molecule has 4 heteroatoms. The maximum atomic E-state index is 5.63. The third-order valence-electron chi connectivity index (χ3n) is 2.94. The van der Waals surface area contributed by atoms with E-state index < -0.39 is 0 Å². The highest BCUT2D eigenvalue weighted by Gasteiger charge is 2.21. The van der Waals surface area contributed by atoms with Crippen molar-refractivity contribution in [1.82, 2.24) is 4.98 Å². The van der Waals surface area contributed by atoms with Gasteiger partial charge in [0.1, 0.15) is 5.82 Å². The summed E-state index contributed by atoms with van der Waals surface area (Å²) >= 11 is 3.54. The Morgan fingerprint density at radius 3 is 2.94 bits per heavy atom. The van der Waals surface area contributed by atoms with E-state index in [-0.39, 0.29) is 0 Å². The average Bonchev–Trinajstić information content (AvgIpc) is 3.08. The van der Waals surface area contributed by atoms with E-state index in [1.165, 1.54) is 18.4 Å². The number of aryl methyl sites for hydroxylation is 1. The van der Waals surface area contributed by atoms with E-state index in [0.717, 1.165) is 36.0 Å². The van der Waals surface area contributed by atoms with Crippen LogP contribution < -0.4 is 4.90 Å². The van der Waals surface area contributed by atoms with Gasteiger partial charge in [-0.15, -0.1) is 0 Å². The van der Waals surface area contributed by atoms with Gasteiger partial charge in [-0.1, -0.05) is 0 Å². The van der Waals surface area contributed by atoms with Gasteiger partial charge in [-0.25, -0.2) is 4.98 Å². The van der Waals surface area contributed by atoms with Gasteiger partial charge in [-0.3, -0.25) is 0 Å². The fourth-order valence-electron chi connectivity index (χ4n) is 1.65. The molecule has 1 saturated carbocycles. The van der Waals surface area contributed by atoms with Crippen molar-refractivity contribution in [3.8, 4) is 0 Å². The highest BCUT2D eigenvalue weighted by Crippen LogP contribution is 2.28. The molecule has 0 bridgehead atoms. The molecule has 0 aliphatic heterocycles. The molecule has 0 spiro atoms. The second-order valence-corrected chi connectivity index (χ2v) is 5.61. The zero-order valence-corrected chi connectivity index (χ0v) is 12.0. The van der Waals surface area contributed by atoms with Crippen LogP contribution in [-0.2, 0) is 4.74 Å². The van der Waals surface area contributed by atoms with Crippen molar-refractivity contribution in [1.29, 1.82) is 0 Å². The topological polar surface area (TPSA) is 25.4 Å². The number of halogens is 1. The molecule has 94 valence electrons. The molecule has 0 N–H and O–H groups in total. The lowest BCUT2D eigenvalue weighted by atomic mass is 10.3. The van der Waals surface area contributed by atoms with Crippen LogP contribution in [0.15, 0.2) is 16.7 Å². The highest BCUT2D eigenvalue weighted by atomic mass is 79.9. The van der Waals surface area contributed by atoms with E-state index in [4.69, 9.17) is 4.74 Å². The van der Waals surface area contributed by atoms with Crippen molar-refractivity contribution >= 4 is 21.7 Å². The number of likely N-dealkylation sites (N-methyl/N-ethyl adjacent to an activating group) is 1. The molecule has 1 fully saturated rings. The monoisotopic (exact) mass is 298 g/mol. The molecule has 3 nitrogen and oxygen atoms in total. The fraction of sp³-hybridized carbons (Fsp3) is 0.615. The number of pyridine rings is 1. The van der Waals surface area contributed by atoms with E-state index in [1.54, 1.807) is 0 Å². The van der Waals surface area contributed by atoms with Crippen LogP contribution in [-0.4, -0.2) is 31.8 Å². The summed E-state index contributed by atoms with van der Waals surface area (Å²) in [5, 5.41) is 0. The molecule has 0 amide bonds. The molecule has 1 aliphatic rings. The van der Waals surface area contributed by atoms with Gasteiger partial charge in [-0.05, 0) is 53.2 Å². The summed E-state index contributed by atoms with van der Waals surface area (Å²) in [4.78, 5) is 6.55. The van der Waals surface area contributed by atoms with E-state index >= 15 is 0 Å². The van der Waals surface area contributed by atoms with Crippen LogP contribution in [0.3, 0.4) is 0 Å². The first kappa shape index (κ1) is 12.8. The summed E-state index contributed by atoms with van der Waals surface area (Å²) in [5.41, 5.74) is 1.17. The molecule has 1 aliphatic carbocycles. The molecule has 1 aromatic heterocycles. The average molecular weight is 299 g/mol. The van der Waals surface area contributed by atoms with E-state index in [2.05, 4.69) is 31.9 Å². The van der Waals surface area contributed by atoms with Crippen molar-refractivity contribution in [2.24, 2.45) is 5.92 Å². The lowest BCUT2D eigenvalue weighted by molar-refractivity contribution is 0.130. The zero-order valence-electron chi connectivity index (χ0n) is 10.4. The summed E-state index contributed by atoms with van der Waals surface area (Å²) < 4.78 is 6.67. The summed E-state index contributed by atoms with van der Waals surface area (Å²) in [7, 11) is 2.04. The Morgan fingerprint density at radius 1 is 1.53 bits per heavy atom. The Hall–Kier alpha value is -0.610. The van der Waals surface area contributed by atoms with Crippen molar-refractivity contribution in [2.45, 2.75) is 19.8 Å². The van der Waals surface area contributed by atoms with Crippen LogP contribution in [0, 0.1) is 12.8 Å². The number of nitrogens with zero attached hydrogens (tertiary/aromatic N) is 2. The quantitative estimate of drug-likeness (QED) is 0.755. The zero-order chi connectivity index (χ0) is 12.3. The molecule has 0 radical (unpaired) electrons. The predicted molar refractivity (Wildman–Crippen MR) is 73.5 cm³/mol. The van der Waals surface area contributed by atoms with Crippen molar-refractivity contribution in [3.63, 3.8) is 0 Å². The van der Waals surface area contributed by atoms with Gasteiger partial charge >= 0.3 is 0 Å². The van der Waals surface area contributed by atoms with Crippen LogP contribution in [0.4, 0.5) is 5.82 Å². The molecule has 0 atom stereocenters. The van der Waals surface area contributed by atoms with Gasteiger partial charge in [-0.2, -0.15) is 0 Å². The van der Waals surface area contributed by atoms with Crippen LogP contribution >= 0.6 is 15.9 Å². The first-order valence-electron chi connectivity index (χ1n) is 6.08. The molecular weight excluding hydrogens is 280 g/mol. The maximum absolute atomic E-state index is 5.63. The summed E-state index contributed by atoms with van der Waals surface area (Å²) in [6.45, 7) is 4.62. The van der Waals surface area contributed by atoms with Gasteiger partial charge in [0.2, 0.25) is 0 Å². The number of aromatic nitrogens is 1. The Labute approximate surface area is 111 Å². The summed E-state index contributed by atoms with van der Waals surface area (Å²) in [6.07, 6.45) is 4.59. The number of hydrogen-bond acceptors (Lipinski definition) is 3. The second kappa shape index (κ2) is 5.83. The van der Waals surface area contributed by atoms with Crippen LogP contribution in [0.1, 0.15) is 18.4 Å². The van der Waals surface area contributed by atoms with Crippen LogP contribution in [0.5, 0.6) is 0 Å². The first-order valence-corrected chi connectivity index (χ1v) is 6.87. The Morgan fingerprint density at radius 2 is 2.29 bits per heavy atom. The minimum Gasteiger partial charge on any atom is -0.379 e. The fourth-order valence-corrected chi connectivity index (χ4v) is 2.42. The predicted octanol–water partition coefficient (Wildman–Crippen LogP) is 3.02. The van der Waals surface area contributed by atoms with Gasteiger partial charge in [0.05, 0.1) is 11.1 Å². The number of hydrogen-bond donors (Lipinski definition) is 0. The van der Waals surface area contributed by atoms with Crippen molar-refractivity contribution in [3.05, 3.63) is 22.3 Å². The lowest BCUT2D eigenvalue weighted by Gasteiger charge is -2.19. The summed E-state index contributed by atoms with van der Waals surface area (Å²) in [6, 6.07) is 2.09. The maximum Gasteiger partial charge on any atom is 0.142 e. The normalized spacial score (nSPS) is 15.0. The largest absolute Gasteiger partial charge is 0.379 e.